The number of amides is 1. The quantitative estimate of drug-likeness (QED) is 0.487. The normalized spacial score (nSPS) is 14.8. The van der Waals surface area contributed by atoms with E-state index in [4.69, 9.17) is 18.9 Å². The van der Waals surface area contributed by atoms with Crippen molar-refractivity contribution in [2.75, 3.05) is 34.5 Å². The molecule has 7 heteroatoms. The van der Waals surface area contributed by atoms with E-state index in [0.29, 0.717) is 36.0 Å². The molecule has 0 spiro atoms. The maximum Gasteiger partial charge on any atom is 0.227 e. The zero-order valence-electron chi connectivity index (χ0n) is 19.5. The molecule has 0 bridgehead atoms. The molecule has 178 valence electrons. The Morgan fingerprint density at radius 1 is 0.912 bits per heavy atom. The maximum absolute atomic E-state index is 13.4. The molecule has 0 saturated heterocycles. The van der Waals surface area contributed by atoms with Crippen molar-refractivity contribution in [1.29, 1.82) is 0 Å². The van der Waals surface area contributed by atoms with E-state index >= 15 is 0 Å². The van der Waals surface area contributed by atoms with Crippen LogP contribution in [0.15, 0.2) is 60.7 Å². The van der Waals surface area contributed by atoms with Gasteiger partial charge in [-0.3, -0.25) is 4.79 Å². The van der Waals surface area contributed by atoms with E-state index < -0.39 is 0 Å². The van der Waals surface area contributed by atoms with Gasteiger partial charge in [-0.1, -0.05) is 24.3 Å². The van der Waals surface area contributed by atoms with Gasteiger partial charge in [0.05, 0.1) is 33.8 Å². The topological polar surface area (TPSA) is 57.2 Å². The van der Waals surface area contributed by atoms with E-state index in [1.54, 1.807) is 33.5 Å². The van der Waals surface area contributed by atoms with Gasteiger partial charge in [0.2, 0.25) is 5.91 Å². The molecule has 0 fully saturated rings. The van der Waals surface area contributed by atoms with Crippen molar-refractivity contribution in [1.82, 2.24) is 4.90 Å². The molecule has 1 aliphatic heterocycles. The second-order valence-corrected chi connectivity index (χ2v) is 8.02. The van der Waals surface area contributed by atoms with E-state index in [2.05, 4.69) is 0 Å². The molecule has 0 aliphatic carbocycles. The molecular formula is C27H28FNO5. The number of methoxy groups -OCH3 is 3. The summed E-state index contributed by atoms with van der Waals surface area (Å²) in [6.45, 7) is 0.764. The van der Waals surface area contributed by atoms with Gasteiger partial charge in [0, 0.05) is 6.54 Å². The van der Waals surface area contributed by atoms with Crippen molar-refractivity contribution in [3.63, 3.8) is 0 Å². The first-order valence-corrected chi connectivity index (χ1v) is 11.1. The van der Waals surface area contributed by atoms with Crippen LogP contribution in [0.4, 0.5) is 4.39 Å². The van der Waals surface area contributed by atoms with Crippen molar-refractivity contribution in [3.05, 3.63) is 83.2 Å². The average Bonchev–Trinajstić information content (AvgIpc) is 2.87. The Labute approximate surface area is 198 Å². The molecule has 3 aromatic carbocycles. The number of benzene rings is 3. The highest BCUT2D eigenvalue weighted by Crippen LogP contribution is 2.39. The Morgan fingerprint density at radius 2 is 1.56 bits per heavy atom. The van der Waals surface area contributed by atoms with Gasteiger partial charge in [-0.25, -0.2) is 4.39 Å². The second-order valence-electron chi connectivity index (χ2n) is 8.02. The summed E-state index contributed by atoms with van der Waals surface area (Å²) in [4.78, 5) is 15.2. The summed E-state index contributed by atoms with van der Waals surface area (Å²) < 4.78 is 35.9. The highest BCUT2D eigenvalue weighted by Gasteiger charge is 2.33. The molecule has 3 aromatic rings. The molecule has 1 heterocycles. The van der Waals surface area contributed by atoms with Crippen LogP contribution in [0.1, 0.15) is 22.7 Å². The third-order valence-electron chi connectivity index (χ3n) is 6.06. The first kappa shape index (κ1) is 23.4. The number of ether oxygens (including phenoxy) is 4. The Kier molecular flexibility index (Phi) is 7.21. The molecule has 0 aromatic heterocycles. The predicted octanol–water partition coefficient (Wildman–Crippen LogP) is 4.60. The molecule has 6 nitrogen and oxygen atoms in total. The van der Waals surface area contributed by atoms with E-state index in [1.165, 1.54) is 12.1 Å². The average molecular weight is 466 g/mol. The van der Waals surface area contributed by atoms with Crippen LogP contribution in [0.25, 0.3) is 0 Å². The van der Waals surface area contributed by atoms with Crippen molar-refractivity contribution in [2.45, 2.75) is 18.9 Å². The van der Waals surface area contributed by atoms with E-state index in [1.807, 2.05) is 41.3 Å². The second kappa shape index (κ2) is 10.5. The Hall–Kier alpha value is -3.74. The molecule has 1 amide bonds. The van der Waals surface area contributed by atoms with Gasteiger partial charge in [0.1, 0.15) is 12.4 Å². The zero-order chi connectivity index (χ0) is 24.1. The molecule has 0 N–H and O–H groups in total. The van der Waals surface area contributed by atoms with Crippen molar-refractivity contribution < 1.29 is 28.1 Å². The van der Waals surface area contributed by atoms with E-state index in [9.17, 15) is 9.18 Å². The fourth-order valence-electron chi connectivity index (χ4n) is 4.29. The number of rotatable bonds is 8. The number of carbonyl (C=O) groups excluding carboxylic acids is 1. The minimum Gasteiger partial charge on any atom is -0.493 e. The lowest BCUT2D eigenvalue weighted by Crippen LogP contribution is -2.43. The molecule has 0 saturated carbocycles. The van der Waals surface area contributed by atoms with Crippen LogP contribution in [0.5, 0.6) is 23.0 Å². The number of carbonyl (C=O) groups is 1. The Morgan fingerprint density at radius 3 is 2.24 bits per heavy atom. The van der Waals surface area contributed by atoms with Gasteiger partial charge in [-0.15, -0.1) is 0 Å². The lowest BCUT2D eigenvalue weighted by molar-refractivity contribution is -0.134. The number of hydrogen-bond donors (Lipinski definition) is 0. The van der Waals surface area contributed by atoms with Crippen LogP contribution in [0.3, 0.4) is 0 Å². The molecule has 4 rings (SSSR count). The minimum absolute atomic E-state index is 0.0549. The fraction of sp³-hybridized carbons (Fsp3) is 0.296. The van der Waals surface area contributed by atoms with Gasteiger partial charge in [-0.2, -0.15) is 0 Å². The van der Waals surface area contributed by atoms with Gasteiger partial charge < -0.3 is 23.8 Å². The summed E-state index contributed by atoms with van der Waals surface area (Å²) in [7, 11) is 4.78. The highest BCUT2D eigenvalue weighted by molar-refractivity contribution is 5.80. The minimum atomic E-state index is -0.346. The van der Waals surface area contributed by atoms with Crippen LogP contribution >= 0.6 is 0 Å². The SMILES string of the molecule is COc1cc2c(cc1OC)[C@H](COc1ccccc1OC)N(C(=O)Cc1ccc(F)cc1)CC2. The highest BCUT2D eigenvalue weighted by atomic mass is 19.1. The molecule has 1 atom stereocenters. The summed E-state index contributed by atoms with van der Waals surface area (Å²) in [6, 6.07) is 17.0. The van der Waals surface area contributed by atoms with E-state index in [-0.39, 0.29) is 30.8 Å². The molecule has 34 heavy (non-hydrogen) atoms. The van der Waals surface area contributed by atoms with Gasteiger partial charge >= 0.3 is 0 Å². The number of para-hydroxylation sites is 2. The number of nitrogens with zero attached hydrogens (tertiary/aromatic N) is 1. The largest absolute Gasteiger partial charge is 0.493 e. The lowest BCUT2D eigenvalue weighted by Gasteiger charge is -2.38. The van der Waals surface area contributed by atoms with Gasteiger partial charge in [0.15, 0.2) is 23.0 Å². The van der Waals surface area contributed by atoms with Crippen LogP contribution < -0.4 is 18.9 Å². The monoisotopic (exact) mass is 465 g/mol. The summed E-state index contributed by atoms with van der Waals surface area (Å²) in [6.07, 6.45) is 0.851. The smallest absolute Gasteiger partial charge is 0.227 e. The van der Waals surface area contributed by atoms with Crippen LogP contribution in [0, 0.1) is 5.82 Å². The summed E-state index contributed by atoms with van der Waals surface area (Å²) >= 11 is 0. The van der Waals surface area contributed by atoms with Gasteiger partial charge in [0.25, 0.3) is 0 Å². The van der Waals surface area contributed by atoms with Crippen molar-refractivity contribution >= 4 is 5.91 Å². The summed E-state index contributed by atoms with van der Waals surface area (Å²) in [5.74, 6) is 2.08. The van der Waals surface area contributed by atoms with Crippen molar-refractivity contribution in [2.24, 2.45) is 0 Å². The first-order valence-electron chi connectivity index (χ1n) is 11.1. The van der Waals surface area contributed by atoms with E-state index in [0.717, 1.165) is 16.7 Å². The number of halogens is 1. The Balaban J connectivity index is 1.66. The maximum atomic E-state index is 13.4. The zero-order valence-corrected chi connectivity index (χ0v) is 19.5. The molecule has 0 unspecified atom stereocenters. The molecule has 0 radical (unpaired) electrons. The third-order valence-corrected chi connectivity index (χ3v) is 6.06. The summed E-state index contributed by atoms with van der Waals surface area (Å²) in [5.41, 5.74) is 2.79. The predicted molar refractivity (Wildman–Crippen MR) is 126 cm³/mol. The third kappa shape index (κ3) is 4.93. The number of hydrogen-bond acceptors (Lipinski definition) is 5. The van der Waals surface area contributed by atoms with Gasteiger partial charge in [-0.05, 0) is 59.5 Å². The van der Waals surface area contributed by atoms with Crippen molar-refractivity contribution in [3.8, 4) is 23.0 Å². The lowest BCUT2D eigenvalue weighted by atomic mass is 9.91. The Bertz CT molecular complexity index is 1150. The summed E-state index contributed by atoms with van der Waals surface area (Å²) in [5, 5.41) is 0. The molecule has 1 aliphatic rings. The number of fused-ring (bicyclic) bond motifs is 1. The van der Waals surface area contributed by atoms with Crippen LogP contribution in [-0.4, -0.2) is 45.3 Å². The van der Waals surface area contributed by atoms with Crippen LogP contribution in [-0.2, 0) is 17.6 Å². The first-order chi connectivity index (χ1) is 16.5. The fourth-order valence-corrected chi connectivity index (χ4v) is 4.29. The molecular weight excluding hydrogens is 437 g/mol. The van der Waals surface area contributed by atoms with Crippen LogP contribution in [0.2, 0.25) is 0 Å². The standard InChI is InChI=1S/C27H28FNO5/c1-31-23-6-4-5-7-24(23)34-17-22-21-16-26(33-3)25(32-2)15-19(21)12-13-29(22)27(30)14-18-8-10-20(28)11-9-18/h4-11,15-16,22H,12-14,17H2,1-3H3/t22-/m0/s1.